The highest BCUT2D eigenvalue weighted by Gasteiger charge is 2.28. The number of likely N-dealkylation sites (tertiary alicyclic amines) is 1. The predicted molar refractivity (Wildman–Crippen MR) is 86.9 cm³/mol. The number of anilines is 1. The number of likely N-dealkylation sites (N-methyl/N-ethyl adjacent to an activating group) is 1. The Balaban J connectivity index is 1.89. The van der Waals surface area contributed by atoms with Gasteiger partial charge in [-0.1, -0.05) is 18.2 Å². The van der Waals surface area contributed by atoms with Crippen LogP contribution in [0.3, 0.4) is 0 Å². The molecule has 22 heavy (non-hydrogen) atoms. The molecule has 0 aromatic heterocycles. The molecule has 0 aliphatic carbocycles. The number of carbonyl (C=O) groups excluding carboxylic acids is 2. The van der Waals surface area contributed by atoms with Crippen LogP contribution in [-0.2, 0) is 9.59 Å². The minimum absolute atomic E-state index is 0.432. The molecular formula is C17H26N3O2+. The lowest BCUT2D eigenvalue weighted by atomic mass is 10.1. The molecule has 5 heteroatoms. The van der Waals surface area contributed by atoms with Gasteiger partial charge in [0.2, 0.25) is 0 Å². The van der Waals surface area contributed by atoms with E-state index in [-0.39, 0.29) is 0 Å². The number of benzene rings is 1. The van der Waals surface area contributed by atoms with Crippen LogP contribution in [0.25, 0.3) is 0 Å². The first-order valence-corrected chi connectivity index (χ1v) is 8.03. The maximum atomic E-state index is 12.0. The number of hydrogen-bond donors (Lipinski definition) is 3. The van der Waals surface area contributed by atoms with Gasteiger partial charge < -0.3 is 15.5 Å². The van der Waals surface area contributed by atoms with Gasteiger partial charge in [-0.05, 0) is 31.9 Å². The molecule has 2 rings (SSSR count). The highest BCUT2D eigenvalue weighted by Crippen LogP contribution is 2.19. The quantitative estimate of drug-likeness (QED) is 0.706. The topological polar surface area (TPSA) is 62.6 Å². The van der Waals surface area contributed by atoms with E-state index < -0.39 is 11.8 Å². The van der Waals surface area contributed by atoms with Crippen LogP contribution in [0.2, 0.25) is 0 Å². The SMILES string of the molecule is CC[NH+]1CCC[C@H]1CNC(=O)C(=O)Nc1c(C)cccc1C. The van der Waals surface area contributed by atoms with Crippen LogP contribution in [0, 0.1) is 13.8 Å². The average molecular weight is 304 g/mol. The van der Waals surface area contributed by atoms with Crippen molar-refractivity contribution in [3.05, 3.63) is 29.3 Å². The third-order valence-electron chi connectivity index (χ3n) is 4.52. The van der Waals surface area contributed by atoms with E-state index in [2.05, 4.69) is 17.6 Å². The predicted octanol–water partition coefficient (Wildman–Crippen LogP) is 0.425. The molecule has 1 unspecified atom stereocenters. The molecule has 0 radical (unpaired) electrons. The summed E-state index contributed by atoms with van der Waals surface area (Å²) in [6.45, 7) is 8.79. The fraction of sp³-hybridized carbons (Fsp3) is 0.529. The molecule has 0 bridgehead atoms. The third-order valence-corrected chi connectivity index (χ3v) is 4.52. The number of amides is 2. The number of para-hydroxylation sites is 1. The van der Waals surface area contributed by atoms with Gasteiger partial charge in [0.1, 0.15) is 6.04 Å². The van der Waals surface area contributed by atoms with Crippen LogP contribution in [0.5, 0.6) is 0 Å². The lowest BCUT2D eigenvalue weighted by Gasteiger charge is -2.20. The first-order chi connectivity index (χ1) is 10.5. The zero-order chi connectivity index (χ0) is 16.1. The molecular weight excluding hydrogens is 278 g/mol. The Kier molecular flexibility index (Phi) is 5.55. The van der Waals surface area contributed by atoms with Gasteiger partial charge in [0.05, 0.1) is 19.6 Å². The highest BCUT2D eigenvalue weighted by atomic mass is 16.2. The maximum Gasteiger partial charge on any atom is 0.313 e. The maximum absolute atomic E-state index is 12.0. The van der Waals surface area contributed by atoms with Crippen molar-refractivity contribution in [3.8, 4) is 0 Å². The number of aryl methyl sites for hydroxylation is 2. The van der Waals surface area contributed by atoms with Gasteiger partial charge in [0, 0.05) is 18.5 Å². The van der Waals surface area contributed by atoms with Crippen molar-refractivity contribution in [1.29, 1.82) is 0 Å². The second kappa shape index (κ2) is 7.40. The molecule has 120 valence electrons. The number of quaternary nitrogens is 1. The van der Waals surface area contributed by atoms with Crippen LogP contribution >= 0.6 is 0 Å². The van der Waals surface area contributed by atoms with E-state index in [9.17, 15) is 9.59 Å². The minimum atomic E-state index is -0.589. The zero-order valence-corrected chi connectivity index (χ0v) is 13.7. The highest BCUT2D eigenvalue weighted by molar-refractivity contribution is 6.39. The van der Waals surface area contributed by atoms with E-state index in [1.807, 2.05) is 32.0 Å². The van der Waals surface area contributed by atoms with Crippen LogP contribution in [-0.4, -0.2) is 37.5 Å². The molecule has 0 spiro atoms. The second-order valence-corrected chi connectivity index (χ2v) is 6.03. The van der Waals surface area contributed by atoms with Crippen molar-refractivity contribution in [2.24, 2.45) is 0 Å². The summed E-state index contributed by atoms with van der Waals surface area (Å²) in [5, 5.41) is 5.50. The molecule has 0 saturated carbocycles. The molecule has 5 nitrogen and oxygen atoms in total. The standard InChI is InChI=1S/C17H25N3O2/c1-4-20-10-6-9-14(20)11-18-16(21)17(22)19-15-12(2)7-5-8-13(15)3/h5,7-8,14H,4,6,9-11H2,1-3H3,(H,18,21)(H,19,22)/p+1/t14-/m0/s1. The Bertz CT molecular complexity index is 537. The minimum Gasteiger partial charge on any atom is -0.342 e. The van der Waals surface area contributed by atoms with Crippen molar-refractivity contribution < 1.29 is 14.5 Å². The van der Waals surface area contributed by atoms with Crippen molar-refractivity contribution in [2.75, 3.05) is 25.0 Å². The Morgan fingerprint density at radius 2 is 1.91 bits per heavy atom. The van der Waals surface area contributed by atoms with Gasteiger partial charge >= 0.3 is 11.8 Å². The van der Waals surface area contributed by atoms with Crippen LogP contribution in [0.1, 0.15) is 30.9 Å². The summed E-state index contributed by atoms with van der Waals surface area (Å²) in [4.78, 5) is 25.5. The van der Waals surface area contributed by atoms with Gasteiger partial charge in [-0.3, -0.25) is 9.59 Å². The summed E-state index contributed by atoms with van der Waals surface area (Å²) in [6, 6.07) is 6.20. The summed E-state index contributed by atoms with van der Waals surface area (Å²) in [5.41, 5.74) is 2.64. The lowest BCUT2D eigenvalue weighted by molar-refractivity contribution is -0.909. The fourth-order valence-corrected chi connectivity index (χ4v) is 3.17. The molecule has 1 heterocycles. The van der Waals surface area contributed by atoms with E-state index in [4.69, 9.17) is 0 Å². The largest absolute Gasteiger partial charge is 0.342 e. The molecule has 1 aromatic rings. The summed E-state index contributed by atoms with van der Waals surface area (Å²) >= 11 is 0. The molecule has 1 aromatic carbocycles. The normalized spacial score (nSPS) is 20.7. The van der Waals surface area contributed by atoms with E-state index in [1.54, 1.807) is 0 Å². The van der Waals surface area contributed by atoms with E-state index in [1.165, 1.54) is 11.3 Å². The molecule has 2 atom stereocenters. The van der Waals surface area contributed by atoms with E-state index >= 15 is 0 Å². The Morgan fingerprint density at radius 1 is 1.23 bits per heavy atom. The number of carbonyl (C=O) groups is 2. The average Bonchev–Trinajstić information content (AvgIpc) is 2.96. The van der Waals surface area contributed by atoms with Gasteiger partial charge in [-0.2, -0.15) is 0 Å². The molecule has 1 saturated heterocycles. The van der Waals surface area contributed by atoms with Crippen molar-refractivity contribution in [1.82, 2.24) is 5.32 Å². The molecule has 1 fully saturated rings. The van der Waals surface area contributed by atoms with E-state index in [0.29, 0.717) is 12.6 Å². The van der Waals surface area contributed by atoms with Crippen LogP contribution in [0.4, 0.5) is 5.69 Å². The third kappa shape index (κ3) is 3.85. The number of nitrogens with one attached hydrogen (secondary N) is 3. The number of rotatable bonds is 4. The second-order valence-electron chi connectivity index (χ2n) is 6.03. The lowest BCUT2D eigenvalue weighted by Crippen LogP contribution is -3.14. The Hall–Kier alpha value is -1.88. The Labute approximate surface area is 132 Å². The summed E-state index contributed by atoms with van der Waals surface area (Å²) in [7, 11) is 0. The van der Waals surface area contributed by atoms with Crippen molar-refractivity contribution in [2.45, 2.75) is 39.7 Å². The number of hydrogen-bond acceptors (Lipinski definition) is 2. The first-order valence-electron chi connectivity index (χ1n) is 8.03. The summed E-state index contributed by atoms with van der Waals surface area (Å²) < 4.78 is 0. The molecule has 2 amide bonds. The Morgan fingerprint density at radius 3 is 2.55 bits per heavy atom. The molecule has 1 aliphatic heterocycles. The monoisotopic (exact) mass is 304 g/mol. The first kappa shape index (κ1) is 16.5. The van der Waals surface area contributed by atoms with Gasteiger partial charge in [0.25, 0.3) is 0 Å². The van der Waals surface area contributed by atoms with Crippen LogP contribution in [0.15, 0.2) is 18.2 Å². The summed E-state index contributed by atoms with van der Waals surface area (Å²) in [5.74, 6) is -1.14. The van der Waals surface area contributed by atoms with Gasteiger partial charge in [-0.25, -0.2) is 0 Å². The zero-order valence-electron chi connectivity index (χ0n) is 13.7. The van der Waals surface area contributed by atoms with Crippen molar-refractivity contribution in [3.63, 3.8) is 0 Å². The summed E-state index contributed by atoms with van der Waals surface area (Å²) in [6.07, 6.45) is 2.31. The molecule has 3 N–H and O–H groups in total. The van der Waals surface area contributed by atoms with Gasteiger partial charge in [-0.15, -0.1) is 0 Å². The molecule has 1 aliphatic rings. The van der Waals surface area contributed by atoms with E-state index in [0.717, 1.165) is 36.3 Å². The fourth-order valence-electron chi connectivity index (χ4n) is 3.17. The van der Waals surface area contributed by atoms with Crippen molar-refractivity contribution >= 4 is 17.5 Å². The smallest absolute Gasteiger partial charge is 0.313 e. The van der Waals surface area contributed by atoms with Gasteiger partial charge in [0.15, 0.2) is 0 Å². The van der Waals surface area contributed by atoms with Crippen LogP contribution < -0.4 is 15.5 Å².